The maximum absolute atomic E-state index is 12.6. The summed E-state index contributed by atoms with van der Waals surface area (Å²) in [4.78, 5) is 29.2. The van der Waals surface area contributed by atoms with Crippen LogP contribution in [-0.2, 0) is 18.4 Å². The lowest BCUT2D eigenvalue weighted by atomic mass is 10.1. The standard InChI is InChI=1S/C24H31N5O3/c1-14(2)10-22(30)26-18-9-7-8-17(11-18)24-27-20(16(5)32-24)13-25-23(31)21-12-19(15(3)4)28-29(21)6/h7-9,11-12,14-15H,10,13H2,1-6H3,(H,25,31)(H,26,30). The molecule has 2 amide bonds. The van der Waals surface area contributed by atoms with Crippen molar-refractivity contribution in [3.63, 3.8) is 0 Å². The van der Waals surface area contributed by atoms with Crippen molar-refractivity contribution in [2.75, 3.05) is 5.32 Å². The number of oxazole rings is 1. The molecule has 3 rings (SSSR count). The lowest BCUT2D eigenvalue weighted by Crippen LogP contribution is -2.25. The Labute approximate surface area is 188 Å². The highest BCUT2D eigenvalue weighted by Crippen LogP contribution is 2.25. The molecule has 0 aliphatic heterocycles. The molecule has 3 aromatic rings. The molecule has 0 unspecified atom stereocenters. The smallest absolute Gasteiger partial charge is 0.269 e. The Morgan fingerprint density at radius 1 is 1.16 bits per heavy atom. The summed E-state index contributed by atoms with van der Waals surface area (Å²) in [5.74, 6) is 1.35. The fraction of sp³-hybridized carbons (Fsp3) is 0.417. The van der Waals surface area contributed by atoms with E-state index in [0.29, 0.717) is 35.1 Å². The van der Waals surface area contributed by atoms with Gasteiger partial charge in [-0.2, -0.15) is 5.10 Å². The molecule has 8 heteroatoms. The third kappa shape index (κ3) is 5.63. The summed E-state index contributed by atoms with van der Waals surface area (Å²) in [6.45, 7) is 10.1. The van der Waals surface area contributed by atoms with Gasteiger partial charge in [-0.25, -0.2) is 4.98 Å². The third-order valence-electron chi connectivity index (χ3n) is 5.02. The van der Waals surface area contributed by atoms with Gasteiger partial charge < -0.3 is 15.1 Å². The minimum atomic E-state index is -0.217. The first-order valence-corrected chi connectivity index (χ1v) is 10.8. The maximum Gasteiger partial charge on any atom is 0.269 e. The van der Waals surface area contributed by atoms with E-state index < -0.39 is 0 Å². The van der Waals surface area contributed by atoms with E-state index in [0.717, 1.165) is 11.3 Å². The van der Waals surface area contributed by atoms with Gasteiger partial charge in [0.05, 0.1) is 12.2 Å². The molecule has 0 saturated heterocycles. The van der Waals surface area contributed by atoms with Gasteiger partial charge in [-0.3, -0.25) is 14.3 Å². The number of nitrogens with zero attached hydrogens (tertiary/aromatic N) is 3. The molecule has 8 nitrogen and oxygen atoms in total. The number of rotatable bonds is 8. The van der Waals surface area contributed by atoms with Crippen molar-refractivity contribution in [1.82, 2.24) is 20.1 Å². The van der Waals surface area contributed by atoms with Crippen molar-refractivity contribution in [3.8, 4) is 11.5 Å². The topological polar surface area (TPSA) is 102 Å². The zero-order valence-electron chi connectivity index (χ0n) is 19.5. The Morgan fingerprint density at radius 3 is 2.56 bits per heavy atom. The number of carbonyl (C=O) groups excluding carboxylic acids is 2. The second-order valence-electron chi connectivity index (χ2n) is 8.66. The molecule has 2 heterocycles. The van der Waals surface area contributed by atoms with Crippen molar-refractivity contribution in [2.45, 2.75) is 53.5 Å². The first kappa shape index (κ1) is 23.2. The van der Waals surface area contributed by atoms with E-state index in [1.807, 2.05) is 58.9 Å². The van der Waals surface area contributed by atoms with Crippen LogP contribution in [-0.4, -0.2) is 26.6 Å². The van der Waals surface area contributed by atoms with Gasteiger partial charge in [-0.1, -0.05) is 33.8 Å². The summed E-state index contributed by atoms with van der Waals surface area (Å²) in [7, 11) is 1.76. The summed E-state index contributed by atoms with van der Waals surface area (Å²) in [5.41, 5.74) is 3.46. The van der Waals surface area contributed by atoms with E-state index in [4.69, 9.17) is 4.42 Å². The van der Waals surface area contributed by atoms with Crippen molar-refractivity contribution < 1.29 is 14.0 Å². The molecule has 0 radical (unpaired) electrons. The summed E-state index contributed by atoms with van der Waals surface area (Å²) in [6, 6.07) is 9.18. The molecule has 0 aliphatic rings. The molecular formula is C24H31N5O3. The molecule has 2 aromatic heterocycles. The van der Waals surface area contributed by atoms with Crippen LogP contribution < -0.4 is 10.6 Å². The number of hydrogen-bond donors (Lipinski definition) is 2. The molecule has 0 spiro atoms. The number of aromatic nitrogens is 3. The Balaban J connectivity index is 1.69. The fourth-order valence-electron chi connectivity index (χ4n) is 3.27. The van der Waals surface area contributed by atoms with Gasteiger partial charge in [-0.05, 0) is 43.0 Å². The number of nitrogens with one attached hydrogen (secondary N) is 2. The van der Waals surface area contributed by atoms with Crippen molar-refractivity contribution in [1.29, 1.82) is 0 Å². The van der Waals surface area contributed by atoms with Gasteiger partial charge in [0.2, 0.25) is 11.8 Å². The highest BCUT2D eigenvalue weighted by Gasteiger charge is 2.17. The molecule has 0 saturated carbocycles. The van der Waals surface area contributed by atoms with Gasteiger partial charge in [0, 0.05) is 24.7 Å². The lowest BCUT2D eigenvalue weighted by molar-refractivity contribution is -0.116. The quantitative estimate of drug-likeness (QED) is 0.543. The Bertz CT molecular complexity index is 1110. The first-order chi connectivity index (χ1) is 15.1. The van der Waals surface area contributed by atoms with Crippen LogP contribution in [0.25, 0.3) is 11.5 Å². The van der Waals surface area contributed by atoms with E-state index in [1.54, 1.807) is 17.8 Å². The van der Waals surface area contributed by atoms with Gasteiger partial charge in [0.1, 0.15) is 17.1 Å². The predicted molar refractivity (Wildman–Crippen MR) is 123 cm³/mol. The average Bonchev–Trinajstić information content (AvgIpc) is 3.28. The van der Waals surface area contributed by atoms with Gasteiger partial charge in [0.25, 0.3) is 5.91 Å². The Kier molecular flexibility index (Phi) is 7.12. The number of amides is 2. The monoisotopic (exact) mass is 437 g/mol. The van der Waals surface area contributed by atoms with E-state index in [2.05, 4.69) is 20.7 Å². The molecule has 170 valence electrons. The maximum atomic E-state index is 12.6. The summed E-state index contributed by atoms with van der Waals surface area (Å²) in [5, 5.41) is 10.2. The summed E-state index contributed by atoms with van der Waals surface area (Å²) < 4.78 is 7.42. The van der Waals surface area contributed by atoms with Crippen molar-refractivity contribution in [2.24, 2.45) is 13.0 Å². The van der Waals surface area contributed by atoms with Gasteiger partial charge >= 0.3 is 0 Å². The van der Waals surface area contributed by atoms with Crippen molar-refractivity contribution in [3.05, 3.63) is 53.2 Å². The van der Waals surface area contributed by atoms with Gasteiger partial charge in [0.15, 0.2) is 0 Å². The zero-order chi connectivity index (χ0) is 23.4. The van der Waals surface area contributed by atoms with Crippen LogP contribution in [0.2, 0.25) is 0 Å². The van der Waals surface area contributed by atoms with Crippen LogP contribution in [0.15, 0.2) is 34.7 Å². The molecule has 32 heavy (non-hydrogen) atoms. The largest absolute Gasteiger partial charge is 0.441 e. The Hall–Kier alpha value is -3.42. The number of benzene rings is 1. The van der Waals surface area contributed by atoms with Crippen LogP contribution in [0.1, 0.15) is 67.7 Å². The second kappa shape index (κ2) is 9.80. The minimum absolute atomic E-state index is 0.0278. The fourth-order valence-corrected chi connectivity index (χ4v) is 3.27. The summed E-state index contributed by atoms with van der Waals surface area (Å²) in [6.07, 6.45) is 0.460. The SMILES string of the molecule is Cc1oc(-c2cccc(NC(=O)CC(C)C)c2)nc1CNC(=O)c1cc(C(C)C)nn1C. The number of anilines is 1. The molecular weight excluding hydrogens is 406 g/mol. The molecule has 0 bridgehead atoms. The molecule has 0 atom stereocenters. The first-order valence-electron chi connectivity index (χ1n) is 10.8. The molecule has 0 fully saturated rings. The highest BCUT2D eigenvalue weighted by molar-refractivity contribution is 5.92. The van der Waals surface area contributed by atoms with Crippen molar-refractivity contribution >= 4 is 17.5 Å². The van der Waals surface area contributed by atoms with Crippen LogP contribution in [0.4, 0.5) is 5.69 Å². The zero-order valence-corrected chi connectivity index (χ0v) is 19.5. The van der Waals surface area contributed by atoms with Crippen LogP contribution in [0, 0.1) is 12.8 Å². The normalized spacial score (nSPS) is 11.2. The lowest BCUT2D eigenvalue weighted by Gasteiger charge is -2.07. The average molecular weight is 438 g/mol. The Morgan fingerprint density at radius 2 is 1.91 bits per heavy atom. The minimum Gasteiger partial charge on any atom is -0.441 e. The van der Waals surface area contributed by atoms with Crippen LogP contribution in [0.5, 0.6) is 0 Å². The highest BCUT2D eigenvalue weighted by atomic mass is 16.4. The predicted octanol–water partition coefficient (Wildman–Crippen LogP) is 4.42. The van der Waals surface area contributed by atoms with E-state index in [1.165, 1.54) is 0 Å². The molecule has 1 aromatic carbocycles. The van der Waals surface area contributed by atoms with E-state index in [9.17, 15) is 9.59 Å². The number of carbonyl (C=O) groups is 2. The summed E-state index contributed by atoms with van der Waals surface area (Å²) >= 11 is 0. The molecule has 2 N–H and O–H groups in total. The van der Waals surface area contributed by atoms with Crippen LogP contribution in [0.3, 0.4) is 0 Å². The molecule has 0 aliphatic carbocycles. The van der Waals surface area contributed by atoms with Gasteiger partial charge in [-0.15, -0.1) is 0 Å². The number of aryl methyl sites for hydroxylation is 2. The second-order valence-corrected chi connectivity index (χ2v) is 8.66. The van der Waals surface area contributed by atoms with E-state index in [-0.39, 0.29) is 30.2 Å². The van der Waals surface area contributed by atoms with E-state index >= 15 is 0 Å². The number of hydrogen-bond acceptors (Lipinski definition) is 5. The third-order valence-corrected chi connectivity index (χ3v) is 5.02. The van der Waals surface area contributed by atoms with Crippen LogP contribution >= 0.6 is 0 Å².